The largest absolute Gasteiger partial charge is 0.497 e. The molecule has 3 heteroatoms. The first kappa shape index (κ1) is 14.1. The summed E-state index contributed by atoms with van der Waals surface area (Å²) in [5.41, 5.74) is 3.91. The number of nitrogens with zero attached hydrogens (tertiary/aromatic N) is 1. The third-order valence-electron chi connectivity index (χ3n) is 4.25. The van der Waals surface area contributed by atoms with Crippen LogP contribution in [-0.2, 0) is 6.42 Å². The molecule has 0 radical (unpaired) electrons. The fourth-order valence-electron chi connectivity index (χ4n) is 3.11. The number of methoxy groups -OCH3 is 1. The predicted molar refractivity (Wildman–Crippen MR) is 84.5 cm³/mol. The average Bonchev–Trinajstić information content (AvgIpc) is 2.55. The Morgan fingerprint density at radius 1 is 1.29 bits per heavy atom. The van der Waals surface area contributed by atoms with Crippen LogP contribution in [0.25, 0.3) is 0 Å². The molecule has 21 heavy (non-hydrogen) atoms. The van der Waals surface area contributed by atoms with Crippen LogP contribution in [0.4, 0.5) is 0 Å². The van der Waals surface area contributed by atoms with Crippen molar-refractivity contribution >= 4 is 0 Å². The van der Waals surface area contributed by atoms with Gasteiger partial charge in [0.05, 0.1) is 12.8 Å². The van der Waals surface area contributed by atoms with Gasteiger partial charge in [0.1, 0.15) is 5.75 Å². The molecule has 1 aromatic carbocycles. The van der Waals surface area contributed by atoms with E-state index >= 15 is 0 Å². The Bertz CT molecular complexity index is 597. The molecule has 1 aliphatic carbocycles. The Kier molecular flexibility index (Phi) is 4.20. The first-order chi connectivity index (χ1) is 10.3. The maximum Gasteiger partial charge on any atom is 0.119 e. The minimum Gasteiger partial charge on any atom is -0.497 e. The number of ether oxygens (including phenoxy) is 1. The minimum absolute atomic E-state index is 0.254. The van der Waals surface area contributed by atoms with Crippen LogP contribution in [0.2, 0.25) is 0 Å². The number of aromatic nitrogens is 1. The van der Waals surface area contributed by atoms with Crippen molar-refractivity contribution in [2.75, 3.05) is 7.11 Å². The summed E-state index contributed by atoms with van der Waals surface area (Å²) in [6, 6.07) is 13.2. The maximum absolute atomic E-state index is 5.34. The van der Waals surface area contributed by atoms with Crippen molar-refractivity contribution in [2.45, 2.75) is 38.3 Å². The van der Waals surface area contributed by atoms with E-state index in [4.69, 9.17) is 4.74 Å². The van der Waals surface area contributed by atoms with Crippen molar-refractivity contribution in [1.82, 2.24) is 10.3 Å². The highest BCUT2D eigenvalue weighted by Gasteiger charge is 2.22. The van der Waals surface area contributed by atoms with Gasteiger partial charge in [0, 0.05) is 18.3 Å². The number of fused-ring (bicyclic) bond motifs is 1. The van der Waals surface area contributed by atoms with E-state index in [2.05, 4.69) is 41.5 Å². The van der Waals surface area contributed by atoms with Crippen molar-refractivity contribution in [3.8, 4) is 5.75 Å². The molecule has 0 amide bonds. The molecule has 0 saturated carbocycles. The summed E-state index contributed by atoms with van der Waals surface area (Å²) >= 11 is 0. The van der Waals surface area contributed by atoms with Crippen molar-refractivity contribution in [3.05, 3.63) is 59.4 Å². The van der Waals surface area contributed by atoms with Crippen LogP contribution in [0.5, 0.6) is 5.75 Å². The van der Waals surface area contributed by atoms with Crippen LogP contribution in [-0.4, -0.2) is 12.1 Å². The molecule has 2 atom stereocenters. The number of hydrogen-bond donors (Lipinski definition) is 1. The maximum atomic E-state index is 5.34. The highest BCUT2D eigenvalue weighted by atomic mass is 16.5. The van der Waals surface area contributed by atoms with Crippen LogP contribution >= 0.6 is 0 Å². The Morgan fingerprint density at radius 2 is 2.19 bits per heavy atom. The molecule has 1 N–H and O–H groups in total. The lowest BCUT2D eigenvalue weighted by atomic mass is 9.87. The molecule has 0 saturated heterocycles. The van der Waals surface area contributed by atoms with Crippen molar-refractivity contribution in [3.63, 3.8) is 0 Å². The summed E-state index contributed by atoms with van der Waals surface area (Å²) in [7, 11) is 1.73. The molecular formula is C18H22N2O. The second-order valence-electron chi connectivity index (χ2n) is 5.65. The molecule has 0 spiro atoms. The lowest BCUT2D eigenvalue weighted by Crippen LogP contribution is -2.28. The van der Waals surface area contributed by atoms with Gasteiger partial charge in [-0.05, 0) is 61.6 Å². The summed E-state index contributed by atoms with van der Waals surface area (Å²) < 4.78 is 5.34. The number of pyridine rings is 1. The standard InChI is InChI=1S/C18H22N2O/c1-13(17-7-3-4-11-19-17)20-18-8-5-6-14-12-15(21-2)9-10-16(14)18/h3-4,7,9-13,18,20H,5-6,8H2,1-2H3/t13-,18?/m1/s1. The number of nitrogens with one attached hydrogen (secondary N) is 1. The fraction of sp³-hybridized carbons (Fsp3) is 0.389. The van der Waals surface area contributed by atoms with Gasteiger partial charge in [-0.1, -0.05) is 12.1 Å². The first-order valence-corrected chi connectivity index (χ1v) is 7.61. The van der Waals surface area contributed by atoms with E-state index in [1.54, 1.807) is 7.11 Å². The fourth-order valence-corrected chi connectivity index (χ4v) is 3.11. The van der Waals surface area contributed by atoms with Gasteiger partial charge in [0.2, 0.25) is 0 Å². The third kappa shape index (κ3) is 3.08. The molecule has 1 aliphatic rings. The minimum atomic E-state index is 0.254. The number of aryl methyl sites for hydroxylation is 1. The van der Waals surface area contributed by atoms with E-state index in [0.29, 0.717) is 6.04 Å². The van der Waals surface area contributed by atoms with E-state index in [1.807, 2.05) is 18.3 Å². The smallest absolute Gasteiger partial charge is 0.119 e. The molecule has 0 fully saturated rings. The zero-order chi connectivity index (χ0) is 14.7. The Hall–Kier alpha value is -1.87. The second kappa shape index (κ2) is 6.27. The molecule has 1 unspecified atom stereocenters. The normalized spacial score (nSPS) is 18.9. The molecule has 2 aromatic rings. The second-order valence-corrected chi connectivity index (χ2v) is 5.65. The quantitative estimate of drug-likeness (QED) is 0.925. The Labute approximate surface area is 126 Å². The highest BCUT2D eigenvalue weighted by molar-refractivity contribution is 5.39. The van der Waals surface area contributed by atoms with Crippen molar-refractivity contribution in [1.29, 1.82) is 0 Å². The summed E-state index contributed by atoms with van der Waals surface area (Å²) in [6.45, 7) is 2.18. The molecule has 1 aromatic heterocycles. The topological polar surface area (TPSA) is 34.1 Å². The molecule has 1 heterocycles. The molecule has 0 aliphatic heterocycles. The monoisotopic (exact) mass is 282 g/mol. The van der Waals surface area contributed by atoms with E-state index in [0.717, 1.165) is 17.9 Å². The summed E-state index contributed by atoms with van der Waals surface area (Å²) in [6.07, 6.45) is 5.39. The van der Waals surface area contributed by atoms with E-state index < -0.39 is 0 Å². The van der Waals surface area contributed by atoms with Crippen LogP contribution in [0.1, 0.15) is 48.7 Å². The average molecular weight is 282 g/mol. The summed E-state index contributed by atoms with van der Waals surface area (Å²) in [4.78, 5) is 4.45. The van der Waals surface area contributed by atoms with Crippen LogP contribution in [0.3, 0.4) is 0 Å². The summed E-state index contributed by atoms with van der Waals surface area (Å²) in [5, 5.41) is 3.73. The molecule has 0 bridgehead atoms. The first-order valence-electron chi connectivity index (χ1n) is 7.61. The highest BCUT2D eigenvalue weighted by Crippen LogP contribution is 2.33. The zero-order valence-electron chi connectivity index (χ0n) is 12.7. The predicted octanol–water partition coefficient (Wildman–Crippen LogP) is 3.82. The number of rotatable bonds is 4. The van der Waals surface area contributed by atoms with E-state index in [-0.39, 0.29) is 6.04 Å². The van der Waals surface area contributed by atoms with Gasteiger partial charge >= 0.3 is 0 Å². The van der Waals surface area contributed by atoms with E-state index in [1.165, 1.54) is 24.0 Å². The number of benzene rings is 1. The van der Waals surface area contributed by atoms with Crippen LogP contribution in [0.15, 0.2) is 42.6 Å². The Balaban J connectivity index is 1.79. The van der Waals surface area contributed by atoms with Crippen LogP contribution < -0.4 is 10.1 Å². The van der Waals surface area contributed by atoms with Gasteiger partial charge < -0.3 is 10.1 Å². The molecule has 3 nitrogen and oxygen atoms in total. The Morgan fingerprint density at radius 3 is 2.95 bits per heavy atom. The van der Waals surface area contributed by atoms with Crippen molar-refractivity contribution < 1.29 is 4.74 Å². The molecule has 110 valence electrons. The number of hydrogen-bond acceptors (Lipinski definition) is 3. The lowest BCUT2D eigenvalue weighted by molar-refractivity contribution is 0.400. The third-order valence-corrected chi connectivity index (χ3v) is 4.25. The van der Waals surface area contributed by atoms with Gasteiger partial charge in [-0.3, -0.25) is 4.98 Å². The molecular weight excluding hydrogens is 260 g/mol. The zero-order valence-corrected chi connectivity index (χ0v) is 12.7. The van der Waals surface area contributed by atoms with Crippen molar-refractivity contribution in [2.24, 2.45) is 0 Å². The van der Waals surface area contributed by atoms with Crippen LogP contribution in [0, 0.1) is 0 Å². The summed E-state index contributed by atoms with van der Waals surface area (Å²) in [5.74, 6) is 0.951. The van der Waals surface area contributed by atoms with Gasteiger partial charge in [0.25, 0.3) is 0 Å². The van der Waals surface area contributed by atoms with Gasteiger partial charge in [-0.15, -0.1) is 0 Å². The SMILES string of the molecule is COc1ccc2c(c1)CCCC2N[C@H](C)c1ccccn1. The van der Waals surface area contributed by atoms with E-state index in [9.17, 15) is 0 Å². The van der Waals surface area contributed by atoms with Gasteiger partial charge in [0.15, 0.2) is 0 Å². The lowest BCUT2D eigenvalue weighted by Gasteiger charge is -2.29. The van der Waals surface area contributed by atoms with Gasteiger partial charge in [-0.25, -0.2) is 0 Å². The molecule has 3 rings (SSSR count). The van der Waals surface area contributed by atoms with Gasteiger partial charge in [-0.2, -0.15) is 0 Å².